The molecule has 0 aliphatic carbocycles. The number of aromatic nitrogens is 3. The summed E-state index contributed by atoms with van der Waals surface area (Å²) in [5, 5.41) is 6.28. The van der Waals surface area contributed by atoms with Crippen molar-refractivity contribution in [3.8, 4) is 0 Å². The third-order valence-corrected chi connectivity index (χ3v) is 1.56. The van der Waals surface area contributed by atoms with E-state index in [4.69, 9.17) is 0 Å². The summed E-state index contributed by atoms with van der Waals surface area (Å²) in [6, 6.07) is 0. The number of nitrogens with zero attached hydrogens (tertiary/aromatic N) is 2. The molecule has 11 heavy (non-hydrogen) atoms. The maximum absolute atomic E-state index is 10.9. The second-order valence-corrected chi connectivity index (χ2v) is 3.10. The van der Waals surface area contributed by atoms with Crippen molar-refractivity contribution in [2.75, 3.05) is 0 Å². The lowest BCUT2D eigenvalue weighted by Gasteiger charge is -2.01. The van der Waals surface area contributed by atoms with Gasteiger partial charge in [-0.15, -0.1) is 0 Å². The SMILES string of the molecule is CC(C)Cc1n[nH]c(=O)n1C. The Bertz CT molecular complexity index is 284. The summed E-state index contributed by atoms with van der Waals surface area (Å²) in [7, 11) is 1.73. The molecule has 0 atom stereocenters. The van der Waals surface area contributed by atoms with E-state index >= 15 is 0 Å². The highest BCUT2D eigenvalue weighted by molar-refractivity contribution is 4.85. The molecule has 0 fully saturated rings. The minimum Gasteiger partial charge on any atom is -0.282 e. The van der Waals surface area contributed by atoms with E-state index in [0.29, 0.717) is 5.92 Å². The van der Waals surface area contributed by atoms with Crippen LogP contribution in [-0.4, -0.2) is 14.8 Å². The van der Waals surface area contributed by atoms with Crippen molar-refractivity contribution < 1.29 is 0 Å². The molecule has 0 aliphatic heterocycles. The fourth-order valence-corrected chi connectivity index (χ4v) is 0.927. The largest absolute Gasteiger partial charge is 0.343 e. The summed E-state index contributed by atoms with van der Waals surface area (Å²) >= 11 is 0. The lowest BCUT2D eigenvalue weighted by Crippen LogP contribution is -2.15. The average Bonchev–Trinajstić information content (AvgIpc) is 2.18. The highest BCUT2D eigenvalue weighted by Crippen LogP contribution is 2.00. The second-order valence-electron chi connectivity index (χ2n) is 3.10. The molecule has 0 bridgehead atoms. The first-order valence-electron chi connectivity index (χ1n) is 3.71. The van der Waals surface area contributed by atoms with Crippen LogP contribution in [0, 0.1) is 5.92 Å². The number of aromatic amines is 1. The van der Waals surface area contributed by atoms with E-state index in [9.17, 15) is 4.79 Å². The van der Waals surface area contributed by atoms with E-state index in [1.807, 2.05) is 0 Å². The number of rotatable bonds is 2. The zero-order chi connectivity index (χ0) is 8.43. The molecule has 0 saturated carbocycles. The van der Waals surface area contributed by atoms with Gasteiger partial charge in [-0.05, 0) is 5.92 Å². The van der Waals surface area contributed by atoms with E-state index in [1.165, 1.54) is 0 Å². The summed E-state index contributed by atoms with van der Waals surface area (Å²) < 4.78 is 1.54. The van der Waals surface area contributed by atoms with Gasteiger partial charge in [0.1, 0.15) is 5.82 Å². The van der Waals surface area contributed by atoms with Crippen molar-refractivity contribution in [1.29, 1.82) is 0 Å². The average molecular weight is 155 g/mol. The van der Waals surface area contributed by atoms with Crippen molar-refractivity contribution in [3.63, 3.8) is 0 Å². The maximum Gasteiger partial charge on any atom is 0.343 e. The summed E-state index contributed by atoms with van der Waals surface area (Å²) in [4.78, 5) is 10.9. The van der Waals surface area contributed by atoms with Crippen molar-refractivity contribution in [2.45, 2.75) is 20.3 Å². The minimum absolute atomic E-state index is 0.138. The molecule has 1 aromatic heterocycles. The van der Waals surface area contributed by atoms with E-state index in [-0.39, 0.29) is 5.69 Å². The van der Waals surface area contributed by atoms with Crippen LogP contribution in [-0.2, 0) is 13.5 Å². The molecule has 0 spiro atoms. The molecule has 1 rings (SSSR count). The molecular formula is C7H13N3O. The predicted octanol–water partition coefficient (Wildman–Crippen LogP) is 0.307. The molecule has 0 radical (unpaired) electrons. The van der Waals surface area contributed by atoms with E-state index in [2.05, 4.69) is 24.0 Å². The zero-order valence-corrected chi connectivity index (χ0v) is 7.09. The van der Waals surface area contributed by atoms with Gasteiger partial charge in [0.05, 0.1) is 0 Å². The fourth-order valence-electron chi connectivity index (χ4n) is 0.927. The van der Waals surface area contributed by atoms with Gasteiger partial charge in [-0.3, -0.25) is 4.57 Å². The predicted molar refractivity (Wildman–Crippen MR) is 42.4 cm³/mol. The minimum atomic E-state index is -0.138. The van der Waals surface area contributed by atoms with Crippen LogP contribution >= 0.6 is 0 Å². The lowest BCUT2D eigenvalue weighted by atomic mass is 10.1. The molecule has 4 heteroatoms. The Morgan fingerprint density at radius 1 is 1.64 bits per heavy atom. The summed E-state index contributed by atoms with van der Waals surface area (Å²) in [5.74, 6) is 1.36. The van der Waals surface area contributed by atoms with Gasteiger partial charge in [0.25, 0.3) is 0 Å². The Labute approximate surface area is 65.2 Å². The topological polar surface area (TPSA) is 50.7 Å². The molecule has 1 N–H and O–H groups in total. The molecule has 1 heterocycles. The first-order valence-corrected chi connectivity index (χ1v) is 3.71. The lowest BCUT2D eigenvalue weighted by molar-refractivity contribution is 0.598. The first-order chi connectivity index (χ1) is 5.11. The molecule has 0 unspecified atom stereocenters. The number of nitrogens with one attached hydrogen (secondary N) is 1. The molecule has 0 aromatic carbocycles. The maximum atomic E-state index is 10.9. The van der Waals surface area contributed by atoms with Crippen LogP contribution in [0.5, 0.6) is 0 Å². The molecular weight excluding hydrogens is 142 g/mol. The van der Waals surface area contributed by atoms with Crippen molar-refractivity contribution >= 4 is 0 Å². The van der Waals surface area contributed by atoms with Gasteiger partial charge in [0.15, 0.2) is 0 Å². The van der Waals surface area contributed by atoms with Crippen LogP contribution < -0.4 is 5.69 Å². The van der Waals surface area contributed by atoms with Crippen LogP contribution in [0.4, 0.5) is 0 Å². The zero-order valence-electron chi connectivity index (χ0n) is 7.09. The fraction of sp³-hybridized carbons (Fsp3) is 0.714. The van der Waals surface area contributed by atoms with Gasteiger partial charge in [-0.1, -0.05) is 13.8 Å². The van der Waals surface area contributed by atoms with Crippen molar-refractivity contribution in [1.82, 2.24) is 14.8 Å². The van der Waals surface area contributed by atoms with Crippen molar-refractivity contribution in [3.05, 3.63) is 16.3 Å². The Morgan fingerprint density at radius 3 is 2.64 bits per heavy atom. The van der Waals surface area contributed by atoms with Crippen LogP contribution in [0.1, 0.15) is 19.7 Å². The van der Waals surface area contributed by atoms with E-state index < -0.39 is 0 Å². The monoisotopic (exact) mass is 155 g/mol. The Balaban J connectivity index is 2.87. The molecule has 1 aromatic rings. The van der Waals surface area contributed by atoms with Gasteiger partial charge in [-0.2, -0.15) is 5.10 Å². The molecule has 0 saturated heterocycles. The van der Waals surface area contributed by atoms with Crippen LogP contribution in [0.15, 0.2) is 4.79 Å². The third-order valence-electron chi connectivity index (χ3n) is 1.56. The summed E-state index contributed by atoms with van der Waals surface area (Å²) in [5.41, 5.74) is -0.138. The smallest absolute Gasteiger partial charge is 0.282 e. The number of H-pyrrole nitrogens is 1. The first kappa shape index (κ1) is 8.04. The third kappa shape index (κ3) is 1.69. The van der Waals surface area contributed by atoms with Crippen molar-refractivity contribution in [2.24, 2.45) is 13.0 Å². The van der Waals surface area contributed by atoms with Crippen LogP contribution in [0.2, 0.25) is 0 Å². The Morgan fingerprint density at radius 2 is 2.27 bits per heavy atom. The molecule has 0 amide bonds. The molecule has 4 nitrogen and oxygen atoms in total. The quantitative estimate of drug-likeness (QED) is 0.668. The summed E-state index contributed by atoms with van der Waals surface area (Å²) in [6.07, 6.45) is 0.842. The van der Waals surface area contributed by atoms with Gasteiger partial charge >= 0.3 is 5.69 Å². The van der Waals surface area contributed by atoms with Crippen LogP contribution in [0.25, 0.3) is 0 Å². The normalized spacial score (nSPS) is 10.9. The molecule has 62 valence electrons. The van der Waals surface area contributed by atoms with E-state index in [0.717, 1.165) is 12.2 Å². The van der Waals surface area contributed by atoms with Gasteiger partial charge in [-0.25, -0.2) is 9.89 Å². The number of hydrogen-bond acceptors (Lipinski definition) is 2. The Kier molecular flexibility index (Phi) is 2.12. The number of hydrogen-bond donors (Lipinski definition) is 1. The highest BCUT2D eigenvalue weighted by atomic mass is 16.1. The standard InChI is InChI=1S/C7H13N3O/c1-5(2)4-6-8-9-7(11)10(6)3/h5H,4H2,1-3H3,(H,9,11). The Hall–Kier alpha value is -1.06. The van der Waals surface area contributed by atoms with Gasteiger partial charge < -0.3 is 0 Å². The van der Waals surface area contributed by atoms with Gasteiger partial charge in [0, 0.05) is 13.5 Å². The molecule has 0 aliphatic rings. The highest BCUT2D eigenvalue weighted by Gasteiger charge is 2.04. The van der Waals surface area contributed by atoms with Crippen LogP contribution in [0.3, 0.4) is 0 Å². The van der Waals surface area contributed by atoms with Gasteiger partial charge in [0.2, 0.25) is 0 Å². The summed E-state index contributed by atoms with van der Waals surface area (Å²) in [6.45, 7) is 4.19. The van der Waals surface area contributed by atoms with E-state index in [1.54, 1.807) is 11.6 Å². The second kappa shape index (κ2) is 2.90.